The first-order valence-corrected chi connectivity index (χ1v) is 13.6. The summed E-state index contributed by atoms with van der Waals surface area (Å²) >= 11 is 3.44. The zero-order valence-electron chi connectivity index (χ0n) is 22.1. The second-order valence-corrected chi connectivity index (χ2v) is 10.2. The molecule has 0 unspecified atom stereocenters. The smallest absolute Gasteiger partial charge is 0.328 e. The van der Waals surface area contributed by atoms with E-state index in [9.17, 15) is 14.4 Å². The van der Waals surface area contributed by atoms with Gasteiger partial charge in [0.1, 0.15) is 11.4 Å². The van der Waals surface area contributed by atoms with Crippen LogP contribution in [-0.2, 0) is 9.59 Å². The fraction of sp³-hybridized carbons (Fsp3) is 0.233. The number of nitrogens with one attached hydrogen (secondary N) is 3. The van der Waals surface area contributed by atoms with Crippen molar-refractivity contribution in [2.45, 2.75) is 40.0 Å². The highest BCUT2D eigenvalue weighted by atomic mass is 79.9. The highest BCUT2D eigenvalue weighted by Crippen LogP contribution is 2.25. The molecular formula is C30H31BrN4O4. The third-order valence-electron chi connectivity index (χ3n) is 6.40. The molecule has 0 saturated heterocycles. The molecule has 0 aliphatic heterocycles. The molecule has 8 nitrogen and oxygen atoms in total. The van der Waals surface area contributed by atoms with E-state index in [2.05, 4.69) is 38.9 Å². The van der Waals surface area contributed by atoms with Crippen molar-refractivity contribution in [1.29, 1.82) is 0 Å². The number of anilines is 2. The Hall–Kier alpha value is -4.11. The van der Waals surface area contributed by atoms with Crippen molar-refractivity contribution in [2.24, 2.45) is 0 Å². The normalized spacial score (nSPS) is 10.8. The van der Waals surface area contributed by atoms with E-state index in [-0.39, 0.29) is 5.69 Å². The molecule has 4 aromatic rings. The van der Waals surface area contributed by atoms with Crippen LogP contribution in [0.25, 0.3) is 10.9 Å². The number of aryl methyl sites for hydroxylation is 1. The van der Waals surface area contributed by atoms with E-state index in [1.807, 2.05) is 38.1 Å². The van der Waals surface area contributed by atoms with E-state index < -0.39 is 17.7 Å². The lowest BCUT2D eigenvalue weighted by atomic mass is 10.1. The molecule has 0 fully saturated rings. The van der Waals surface area contributed by atoms with Crippen molar-refractivity contribution in [2.75, 3.05) is 22.7 Å². The number of rotatable bonds is 9. The predicted octanol–water partition coefficient (Wildman–Crippen LogP) is 6.55. The van der Waals surface area contributed by atoms with Crippen LogP contribution in [0.15, 0.2) is 71.2 Å². The summed E-state index contributed by atoms with van der Waals surface area (Å²) in [7, 11) is 0. The number of aromatic nitrogens is 1. The first-order chi connectivity index (χ1) is 18.8. The monoisotopic (exact) mass is 590 g/mol. The van der Waals surface area contributed by atoms with E-state index in [4.69, 9.17) is 4.74 Å². The number of amides is 3. The van der Waals surface area contributed by atoms with Gasteiger partial charge in [-0.3, -0.25) is 19.8 Å². The second-order valence-electron chi connectivity index (χ2n) is 9.24. The van der Waals surface area contributed by atoms with Crippen LogP contribution >= 0.6 is 15.9 Å². The molecule has 0 saturated carbocycles. The van der Waals surface area contributed by atoms with Crippen molar-refractivity contribution in [3.05, 3.63) is 88.0 Å². The van der Waals surface area contributed by atoms with Gasteiger partial charge in [-0.1, -0.05) is 47.8 Å². The lowest BCUT2D eigenvalue weighted by molar-refractivity contribution is -0.133. The van der Waals surface area contributed by atoms with Crippen LogP contribution in [-0.4, -0.2) is 29.0 Å². The highest BCUT2D eigenvalue weighted by molar-refractivity contribution is 9.10. The summed E-state index contributed by atoms with van der Waals surface area (Å²) in [6, 6.07) is 19.5. The molecule has 39 heavy (non-hydrogen) atoms. The molecule has 0 aliphatic carbocycles. The van der Waals surface area contributed by atoms with Crippen LogP contribution in [0.4, 0.5) is 11.4 Å². The van der Waals surface area contributed by atoms with Crippen LogP contribution in [0.1, 0.15) is 47.8 Å². The summed E-state index contributed by atoms with van der Waals surface area (Å²) in [5.41, 5.74) is 6.42. The first-order valence-electron chi connectivity index (χ1n) is 12.8. The van der Waals surface area contributed by atoms with Gasteiger partial charge in [-0.05, 0) is 86.0 Å². The van der Waals surface area contributed by atoms with Gasteiger partial charge in [0.25, 0.3) is 5.91 Å². The summed E-state index contributed by atoms with van der Waals surface area (Å²) < 4.78 is 7.84. The molecule has 3 amide bonds. The molecule has 0 atom stereocenters. The summed E-state index contributed by atoms with van der Waals surface area (Å²) in [5.74, 6) is -1.52. The topological polar surface area (TPSA) is 101 Å². The number of carbonyl (C=O) groups excluding carboxylic acids is 3. The van der Waals surface area contributed by atoms with Gasteiger partial charge in [0.15, 0.2) is 0 Å². The van der Waals surface area contributed by atoms with Crippen LogP contribution in [0.3, 0.4) is 0 Å². The first kappa shape index (κ1) is 27.9. The van der Waals surface area contributed by atoms with Gasteiger partial charge >= 0.3 is 11.8 Å². The summed E-state index contributed by atoms with van der Waals surface area (Å²) in [5, 5.41) is 6.22. The highest BCUT2D eigenvalue weighted by Gasteiger charge is 2.22. The number of benzene rings is 3. The molecule has 3 aromatic carbocycles. The minimum Gasteiger partial charge on any atom is -0.494 e. The van der Waals surface area contributed by atoms with Crippen molar-refractivity contribution in [1.82, 2.24) is 4.68 Å². The summed E-state index contributed by atoms with van der Waals surface area (Å²) in [6.45, 7) is 6.65. The molecule has 1 aromatic heterocycles. The number of ether oxygens (including phenoxy) is 1. The fourth-order valence-corrected chi connectivity index (χ4v) is 4.44. The maximum Gasteiger partial charge on any atom is 0.328 e. The molecule has 0 radical (unpaired) electrons. The Kier molecular flexibility index (Phi) is 9.03. The quantitative estimate of drug-likeness (QED) is 0.152. The summed E-state index contributed by atoms with van der Waals surface area (Å²) in [6.07, 6.45) is 3.20. The molecule has 0 bridgehead atoms. The van der Waals surface area contributed by atoms with E-state index in [0.717, 1.165) is 34.9 Å². The number of hydrogen-bond acceptors (Lipinski definition) is 4. The number of halogens is 1. The lowest BCUT2D eigenvalue weighted by Gasteiger charge is -2.14. The summed E-state index contributed by atoms with van der Waals surface area (Å²) in [4.78, 5) is 39.0. The lowest BCUT2D eigenvalue weighted by Crippen LogP contribution is -2.36. The number of carbonyl (C=O) groups is 3. The van der Waals surface area contributed by atoms with Crippen LogP contribution in [0.5, 0.6) is 5.75 Å². The standard InChI is InChI=1S/C30H31BrN4O4/c1-4-5-6-16-39-24-13-11-23(12-14-24)32-29(37)30(38)34-35-26-15-10-22(31)17-21(26)18-27(35)28(36)33-25-9-7-8-19(2)20(25)3/h7-15,17-18H,4-6,16H2,1-3H3,(H,32,37)(H,33,36)(H,34,38). The van der Waals surface area contributed by atoms with Crippen molar-refractivity contribution in [3.8, 4) is 5.75 Å². The van der Waals surface area contributed by atoms with Crippen molar-refractivity contribution < 1.29 is 19.1 Å². The SMILES string of the molecule is CCCCCOc1ccc(NC(=O)C(=O)Nn2c(C(=O)Nc3cccc(C)c3C)cc3cc(Br)ccc32)cc1. The largest absolute Gasteiger partial charge is 0.494 e. The predicted molar refractivity (Wildman–Crippen MR) is 158 cm³/mol. The fourth-order valence-electron chi connectivity index (χ4n) is 4.06. The average Bonchev–Trinajstić information content (AvgIpc) is 3.27. The van der Waals surface area contributed by atoms with Crippen LogP contribution < -0.4 is 20.8 Å². The molecule has 0 spiro atoms. The Morgan fingerprint density at radius 1 is 0.897 bits per heavy atom. The zero-order valence-corrected chi connectivity index (χ0v) is 23.7. The molecule has 1 heterocycles. The van der Waals surface area contributed by atoms with E-state index in [1.54, 1.807) is 42.5 Å². The Balaban J connectivity index is 1.50. The van der Waals surface area contributed by atoms with Crippen molar-refractivity contribution in [3.63, 3.8) is 0 Å². The number of fused-ring (bicyclic) bond motifs is 1. The zero-order chi connectivity index (χ0) is 27.9. The van der Waals surface area contributed by atoms with Gasteiger partial charge < -0.3 is 15.4 Å². The van der Waals surface area contributed by atoms with Gasteiger partial charge in [0.05, 0.1) is 12.1 Å². The third kappa shape index (κ3) is 6.86. The maximum absolute atomic E-state index is 13.3. The maximum atomic E-state index is 13.3. The molecule has 9 heteroatoms. The average molecular weight is 592 g/mol. The van der Waals surface area contributed by atoms with Crippen LogP contribution in [0, 0.1) is 13.8 Å². The van der Waals surface area contributed by atoms with Gasteiger partial charge in [-0.15, -0.1) is 0 Å². The van der Waals surface area contributed by atoms with E-state index in [1.165, 1.54) is 4.68 Å². The third-order valence-corrected chi connectivity index (χ3v) is 6.89. The Bertz CT molecular complexity index is 1510. The van der Waals surface area contributed by atoms with Gasteiger partial charge in [0, 0.05) is 21.2 Å². The Morgan fingerprint density at radius 2 is 1.67 bits per heavy atom. The number of unbranched alkanes of at least 4 members (excludes halogenated alkanes) is 2. The molecule has 202 valence electrons. The van der Waals surface area contributed by atoms with Gasteiger partial charge in [-0.25, -0.2) is 4.68 Å². The number of nitrogens with zero attached hydrogens (tertiary/aromatic N) is 1. The van der Waals surface area contributed by atoms with Crippen LogP contribution in [0.2, 0.25) is 0 Å². The van der Waals surface area contributed by atoms with Crippen molar-refractivity contribution >= 4 is 55.9 Å². The van der Waals surface area contributed by atoms with Gasteiger partial charge in [-0.2, -0.15) is 0 Å². The molecular weight excluding hydrogens is 560 g/mol. The van der Waals surface area contributed by atoms with Gasteiger partial charge in [0.2, 0.25) is 0 Å². The Morgan fingerprint density at radius 3 is 2.41 bits per heavy atom. The second kappa shape index (κ2) is 12.6. The minimum absolute atomic E-state index is 0.176. The molecule has 4 rings (SSSR count). The van der Waals surface area contributed by atoms with E-state index >= 15 is 0 Å². The minimum atomic E-state index is -0.920. The Labute approximate surface area is 235 Å². The number of hydrogen-bond donors (Lipinski definition) is 3. The molecule has 0 aliphatic rings. The molecule has 3 N–H and O–H groups in total. The van der Waals surface area contributed by atoms with E-state index in [0.29, 0.717) is 34.6 Å².